The number of benzene rings is 3. The molecule has 1 aromatic heterocycles. The van der Waals surface area contributed by atoms with Crippen molar-refractivity contribution in [1.82, 2.24) is 10.4 Å². The van der Waals surface area contributed by atoms with Crippen LogP contribution in [0.3, 0.4) is 0 Å². The predicted octanol–water partition coefficient (Wildman–Crippen LogP) is 5.17. The van der Waals surface area contributed by atoms with Gasteiger partial charge < -0.3 is 14.6 Å². The van der Waals surface area contributed by atoms with E-state index in [1.807, 2.05) is 62.4 Å². The topological polar surface area (TPSA) is 93.0 Å². The van der Waals surface area contributed by atoms with Crippen LogP contribution in [0.5, 0.6) is 17.2 Å². The number of rotatable bonds is 7. The summed E-state index contributed by atoms with van der Waals surface area (Å²) in [5.41, 5.74) is 5.74. The number of phenolic OH excluding ortho intramolecular Hbond substituents is 1. The summed E-state index contributed by atoms with van der Waals surface area (Å²) in [6.07, 6.45) is 1.45. The summed E-state index contributed by atoms with van der Waals surface area (Å²) >= 11 is 0. The number of carbonyl (C=O) groups excluding carboxylic acids is 1. The Morgan fingerprint density at radius 1 is 1.03 bits per heavy atom. The first-order chi connectivity index (χ1) is 16.5. The molecule has 0 saturated carbocycles. The molecule has 4 rings (SSSR count). The average molecular weight is 456 g/mol. The summed E-state index contributed by atoms with van der Waals surface area (Å²) < 4.78 is 11.0. The lowest BCUT2D eigenvalue weighted by Gasteiger charge is -2.15. The number of hydrogen-bond donors (Lipinski definition) is 2. The highest BCUT2D eigenvalue weighted by atomic mass is 16.5. The van der Waals surface area contributed by atoms with E-state index in [-0.39, 0.29) is 17.8 Å². The Morgan fingerprint density at radius 3 is 2.56 bits per heavy atom. The molecule has 7 nitrogen and oxygen atoms in total. The normalized spacial score (nSPS) is 11.2. The third kappa shape index (κ3) is 4.99. The summed E-state index contributed by atoms with van der Waals surface area (Å²) in [5.74, 6) is 0.670. The van der Waals surface area contributed by atoms with E-state index in [0.29, 0.717) is 39.2 Å². The van der Waals surface area contributed by atoms with Crippen LogP contribution in [-0.2, 0) is 0 Å². The predicted molar refractivity (Wildman–Crippen MR) is 133 cm³/mol. The van der Waals surface area contributed by atoms with Crippen molar-refractivity contribution < 1.29 is 19.4 Å². The number of methoxy groups -OCH3 is 1. The van der Waals surface area contributed by atoms with Crippen molar-refractivity contribution in [3.8, 4) is 28.5 Å². The van der Waals surface area contributed by atoms with Gasteiger partial charge in [-0.1, -0.05) is 30.3 Å². The van der Waals surface area contributed by atoms with E-state index >= 15 is 0 Å². The van der Waals surface area contributed by atoms with Gasteiger partial charge in [0.2, 0.25) is 0 Å². The molecule has 2 N–H and O–H groups in total. The Balaban J connectivity index is 1.67. The Labute approximate surface area is 197 Å². The SMILES string of the molecule is COc1ccc(/C=N/NC(=O)c2cc(-c3ccccc3OC(C)C)nc3ccccc23)cc1O. The van der Waals surface area contributed by atoms with Gasteiger partial charge in [-0.05, 0) is 61.9 Å². The molecule has 0 aliphatic carbocycles. The van der Waals surface area contributed by atoms with E-state index in [2.05, 4.69) is 10.5 Å². The van der Waals surface area contributed by atoms with Crippen molar-refractivity contribution in [1.29, 1.82) is 0 Å². The fourth-order valence-electron chi connectivity index (χ4n) is 3.55. The molecule has 3 aromatic carbocycles. The lowest BCUT2D eigenvalue weighted by atomic mass is 10.0. The molecule has 0 aliphatic rings. The second-order valence-corrected chi connectivity index (χ2v) is 7.87. The largest absolute Gasteiger partial charge is 0.504 e. The molecular formula is C27H25N3O4. The number of hydrazone groups is 1. The molecule has 0 atom stereocenters. The molecule has 4 aromatic rings. The van der Waals surface area contributed by atoms with Gasteiger partial charge >= 0.3 is 0 Å². The van der Waals surface area contributed by atoms with Crippen molar-refractivity contribution in [2.45, 2.75) is 20.0 Å². The van der Waals surface area contributed by atoms with Crippen molar-refractivity contribution in [3.63, 3.8) is 0 Å². The standard InChI is InChI=1S/C27H25N3O4/c1-17(2)34-25-11-7-5-9-20(25)23-15-21(19-8-4-6-10-22(19)29-23)27(32)30-28-16-18-12-13-26(33-3)24(31)14-18/h4-17,31H,1-3H3,(H,30,32)/b28-16+. The molecule has 0 radical (unpaired) electrons. The van der Waals surface area contributed by atoms with Crippen molar-refractivity contribution in [3.05, 3.63) is 83.9 Å². The lowest BCUT2D eigenvalue weighted by molar-refractivity contribution is 0.0956. The van der Waals surface area contributed by atoms with Gasteiger partial charge in [0.25, 0.3) is 5.91 Å². The molecule has 1 heterocycles. The number of nitrogens with zero attached hydrogens (tertiary/aromatic N) is 2. The van der Waals surface area contributed by atoms with E-state index in [1.165, 1.54) is 19.4 Å². The number of hydrogen-bond acceptors (Lipinski definition) is 6. The van der Waals surface area contributed by atoms with Gasteiger partial charge in [-0.25, -0.2) is 10.4 Å². The zero-order valence-corrected chi connectivity index (χ0v) is 19.1. The van der Waals surface area contributed by atoms with Gasteiger partial charge in [0.15, 0.2) is 11.5 Å². The Hall–Kier alpha value is -4.39. The zero-order chi connectivity index (χ0) is 24.1. The third-order valence-corrected chi connectivity index (χ3v) is 5.07. The van der Waals surface area contributed by atoms with Gasteiger partial charge in [-0.2, -0.15) is 5.10 Å². The number of nitrogens with one attached hydrogen (secondary N) is 1. The van der Waals surface area contributed by atoms with Crippen molar-refractivity contribution >= 4 is 23.0 Å². The van der Waals surface area contributed by atoms with Crippen LogP contribution in [-0.4, -0.2) is 35.4 Å². The maximum atomic E-state index is 13.1. The summed E-state index contributed by atoms with van der Waals surface area (Å²) in [5, 5.41) is 14.7. The highest BCUT2D eigenvalue weighted by Crippen LogP contribution is 2.32. The summed E-state index contributed by atoms with van der Waals surface area (Å²) in [6, 6.07) is 21.7. The van der Waals surface area contributed by atoms with E-state index in [9.17, 15) is 9.90 Å². The van der Waals surface area contributed by atoms with Crippen molar-refractivity contribution in [2.75, 3.05) is 7.11 Å². The molecule has 0 unspecified atom stereocenters. The molecule has 7 heteroatoms. The van der Waals surface area contributed by atoms with E-state index < -0.39 is 0 Å². The number of aromatic nitrogens is 1. The van der Waals surface area contributed by atoms with Gasteiger partial charge in [0, 0.05) is 10.9 Å². The van der Waals surface area contributed by atoms with Crippen LogP contribution in [0.25, 0.3) is 22.2 Å². The Morgan fingerprint density at radius 2 is 1.79 bits per heavy atom. The third-order valence-electron chi connectivity index (χ3n) is 5.07. The van der Waals surface area contributed by atoms with Gasteiger partial charge in [0.1, 0.15) is 5.75 Å². The monoisotopic (exact) mass is 455 g/mol. The first-order valence-corrected chi connectivity index (χ1v) is 10.8. The molecular weight excluding hydrogens is 430 g/mol. The maximum Gasteiger partial charge on any atom is 0.272 e. The van der Waals surface area contributed by atoms with E-state index in [4.69, 9.17) is 14.5 Å². The van der Waals surface area contributed by atoms with Crippen molar-refractivity contribution in [2.24, 2.45) is 5.10 Å². The fourth-order valence-corrected chi connectivity index (χ4v) is 3.55. The van der Waals surface area contributed by atoms with Crippen LogP contribution in [0.4, 0.5) is 0 Å². The van der Waals surface area contributed by atoms with Gasteiger partial charge in [0.05, 0.1) is 36.2 Å². The summed E-state index contributed by atoms with van der Waals surface area (Å²) in [6.45, 7) is 3.92. The molecule has 0 spiro atoms. The second-order valence-electron chi connectivity index (χ2n) is 7.87. The van der Waals surface area contributed by atoms with Crippen LogP contribution >= 0.6 is 0 Å². The first kappa shape index (κ1) is 22.8. The van der Waals surface area contributed by atoms with Gasteiger partial charge in [-0.15, -0.1) is 0 Å². The van der Waals surface area contributed by atoms with Crippen LogP contribution in [0.15, 0.2) is 77.9 Å². The number of carbonyl (C=O) groups is 1. The minimum Gasteiger partial charge on any atom is -0.504 e. The second kappa shape index (κ2) is 10.0. The molecule has 0 bridgehead atoms. The Kier molecular flexibility index (Phi) is 6.73. The maximum absolute atomic E-state index is 13.1. The smallest absolute Gasteiger partial charge is 0.272 e. The number of fused-ring (bicyclic) bond motifs is 1. The molecule has 0 saturated heterocycles. The quantitative estimate of drug-likeness (QED) is 0.296. The Bertz CT molecular complexity index is 1370. The minimum absolute atomic E-state index is 0.00361. The number of aromatic hydroxyl groups is 1. The number of amides is 1. The molecule has 34 heavy (non-hydrogen) atoms. The van der Waals surface area contributed by atoms with Gasteiger partial charge in [-0.3, -0.25) is 4.79 Å². The van der Waals surface area contributed by atoms with Crippen LogP contribution in [0.1, 0.15) is 29.8 Å². The van der Waals surface area contributed by atoms with Crippen LogP contribution in [0.2, 0.25) is 0 Å². The van der Waals surface area contributed by atoms with E-state index in [1.54, 1.807) is 18.2 Å². The highest BCUT2D eigenvalue weighted by molar-refractivity contribution is 6.07. The summed E-state index contributed by atoms with van der Waals surface area (Å²) in [7, 11) is 1.48. The summed E-state index contributed by atoms with van der Waals surface area (Å²) in [4.78, 5) is 17.9. The molecule has 0 aliphatic heterocycles. The first-order valence-electron chi connectivity index (χ1n) is 10.8. The number of phenols is 1. The van der Waals surface area contributed by atoms with E-state index in [0.717, 1.165) is 5.56 Å². The molecule has 172 valence electrons. The highest BCUT2D eigenvalue weighted by Gasteiger charge is 2.16. The molecule has 1 amide bonds. The fraction of sp³-hybridized carbons (Fsp3) is 0.148. The minimum atomic E-state index is -0.379. The lowest BCUT2D eigenvalue weighted by Crippen LogP contribution is -2.18. The zero-order valence-electron chi connectivity index (χ0n) is 19.1. The number of ether oxygens (including phenoxy) is 2. The van der Waals surface area contributed by atoms with Crippen LogP contribution < -0.4 is 14.9 Å². The number of para-hydroxylation sites is 2. The molecule has 0 fully saturated rings. The average Bonchev–Trinajstić information content (AvgIpc) is 2.83. The van der Waals surface area contributed by atoms with Crippen LogP contribution in [0, 0.1) is 0 Å². The number of pyridine rings is 1.